The summed E-state index contributed by atoms with van der Waals surface area (Å²) in [6.45, 7) is 6.01. The lowest BCUT2D eigenvalue weighted by Gasteiger charge is -2.35. The van der Waals surface area contributed by atoms with E-state index in [2.05, 4.69) is 24.1 Å². The molecule has 2 rings (SSSR count). The van der Waals surface area contributed by atoms with Crippen molar-refractivity contribution in [3.8, 4) is 0 Å². The first kappa shape index (κ1) is 15.3. The van der Waals surface area contributed by atoms with Gasteiger partial charge in [0.15, 0.2) is 0 Å². The normalized spacial score (nSPS) is 22.8. The number of halogens is 1. The van der Waals surface area contributed by atoms with Gasteiger partial charge in [0.1, 0.15) is 5.82 Å². The Labute approximate surface area is 122 Å². The first-order chi connectivity index (χ1) is 9.61. The Bertz CT molecular complexity index is 425. The molecule has 0 saturated heterocycles. The van der Waals surface area contributed by atoms with E-state index in [9.17, 15) is 4.39 Å². The Morgan fingerprint density at radius 2 is 1.95 bits per heavy atom. The number of nitrogens with one attached hydrogen (secondary N) is 1. The van der Waals surface area contributed by atoms with E-state index < -0.39 is 0 Å². The van der Waals surface area contributed by atoms with Crippen molar-refractivity contribution in [3.05, 3.63) is 29.6 Å². The van der Waals surface area contributed by atoms with Gasteiger partial charge in [-0.15, -0.1) is 0 Å². The van der Waals surface area contributed by atoms with E-state index in [0.29, 0.717) is 6.04 Å². The molecule has 0 aliphatic heterocycles. The number of anilines is 1. The highest BCUT2D eigenvalue weighted by atomic mass is 19.1. The number of rotatable bonds is 5. The van der Waals surface area contributed by atoms with Gasteiger partial charge in [-0.25, -0.2) is 4.39 Å². The molecule has 1 aromatic rings. The van der Waals surface area contributed by atoms with Gasteiger partial charge in [-0.05, 0) is 55.8 Å². The summed E-state index contributed by atoms with van der Waals surface area (Å²) in [7, 11) is 2.03. The van der Waals surface area contributed by atoms with Crippen molar-refractivity contribution in [1.29, 1.82) is 0 Å². The molecule has 112 valence electrons. The Morgan fingerprint density at radius 3 is 2.55 bits per heavy atom. The van der Waals surface area contributed by atoms with E-state index >= 15 is 0 Å². The fourth-order valence-electron chi connectivity index (χ4n) is 3.04. The second-order valence-electron chi connectivity index (χ2n) is 6.09. The van der Waals surface area contributed by atoms with Crippen LogP contribution >= 0.6 is 0 Å². The van der Waals surface area contributed by atoms with Crippen LogP contribution in [0.4, 0.5) is 10.1 Å². The Morgan fingerprint density at radius 1 is 1.25 bits per heavy atom. The predicted octanol–water partition coefficient (Wildman–Crippen LogP) is 3.95. The van der Waals surface area contributed by atoms with E-state index in [1.54, 1.807) is 6.07 Å². The molecule has 2 nitrogen and oxygen atoms in total. The molecule has 0 radical (unpaired) electrons. The van der Waals surface area contributed by atoms with Gasteiger partial charge in [-0.3, -0.25) is 0 Å². The molecule has 0 unspecified atom stereocenters. The van der Waals surface area contributed by atoms with Crippen molar-refractivity contribution < 1.29 is 4.39 Å². The predicted molar refractivity (Wildman–Crippen MR) is 83.6 cm³/mol. The number of benzene rings is 1. The molecular weight excluding hydrogens is 251 g/mol. The van der Waals surface area contributed by atoms with E-state index in [1.807, 2.05) is 19.2 Å². The zero-order chi connectivity index (χ0) is 14.5. The highest BCUT2D eigenvalue weighted by Crippen LogP contribution is 2.30. The van der Waals surface area contributed by atoms with Gasteiger partial charge in [0.05, 0.1) is 5.69 Å². The third-order valence-electron chi connectivity index (χ3n) is 4.50. The second-order valence-corrected chi connectivity index (χ2v) is 6.09. The summed E-state index contributed by atoms with van der Waals surface area (Å²) in [6, 6.07) is 6.11. The second kappa shape index (κ2) is 7.07. The van der Waals surface area contributed by atoms with Gasteiger partial charge >= 0.3 is 0 Å². The van der Waals surface area contributed by atoms with Crippen LogP contribution in [0.5, 0.6) is 0 Å². The number of hydrogen-bond acceptors (Lipinski definition) is 2. The third kappa shape index (κ3) is 3.72. The molecule has 0 amide bonds. The summed E-state index contributed by atoms with van der Waals surface area (Å²) in [5.74, 6) is 0.730. The minimum atomic E-state index is -0.0958. The van der Waals surface area contributed by atoms with Crippen molar-refractivity contribution in [2.75, 3.05) is 18.5 Å². The molecule has 0 aromatic heterocycles. The van der Waals surface area contributed by atoms with E-state index in [0.717, 1.165) is 30.3 Å². The Balaban J connectivity index is 2.04. The van der Waals surface area contributed by atoms with Gasteiger partial charge in [0, 0.05) is 19.6 Å². The van der Waals surface area contributed by atoms with Crippen LogP contribution in [0.15, 0.2) is 18.2 Å². The first-order valence-electron chi connectivity index (χ1n) is 7.83. The van der Waals surface area contributed by atoms with Crippen molar-refractivity contribution >= 4 is 5.69 Å². The maximum atomic E-state index is 14.3. The molecule has 3 heteroatoms. The summed E-state index contributed by atoms with van der Waals surface area (Å²) >= 11 is 0. The molecular formula is C17H27FN2. The van der Waals surface area contributed by atoms with Gasteiger partial charge in [0.25, 0.3) is 0 Å². The highest BCUT2D eigenvalue weighted by molar-refractivity contribution is 5.49. The molecule has 0 heterocycles. The summed E-state index contributed by atoms with van der Waals surface area (Å²) in [6.07, 6.45) is 4.87. The standard InChI is InChI=1S/C17H27FN2/c1-4-19-12-14-7-10-17(16(18)11-14)20(3)15-8-5-13(2)6-9-15/h7,10-11,13,15,19H,4-6,8-9,12H2,1-3H3. The molecule has 1 aromatic carbocycles. The minimum absolute atomic E-state index is 0.0958. The zero-order valence-corrected chi connectivity index (χ0v) is 13.0. The van der Waals surface area contributed by atoms with Crippen LogP contribution < -0.4 is 10.2 Å². The van der Waals surface area contributed by atoms with Crippen molar-refractivity contribution in [2.24, 2.45) is 5.92 Å². The molecule has 1 N–H and O–H groups in total. The van der Waals surface area contributed by atoms with Crippen molar-refractivity contribution in [1.82, 2.24) is 5.32 Å². The summed E-state index contributed by atoms with van der Waals surface area (Å²) in [5, 5.41) is 3.23. The average molecular weight is 278 g/mol. The molecule has 0 spiro atoms. The van der Waals surface area contributed by atoms with Crippen molar-refractivity contribution in [2.45, 2.75) is 52.1 Å². The van der Waals surface area contributed by atoms with Gasteiger partial charge in [-0.2, -0.15) is 0 Å². The summed E-state index contributed by atoms with van der Waals surface area (Å²) in [5.41, 5.74) is 1.75. The first-order valence-corrected chi connectivity index (χ1v) is 7.83. The summed E-state index contributed by atoms with van der Waals surface area (Å²) in [4.78, 5) is 2.14. The molecule has 1 fully saturated rings. The SMILES string of the molecule is CCNCc1ccc(N(C)C2CCC(C)CC2)c(F)c1. The van der Waals surface area contributed by atoms with E-state index in [1.165, 1.54) is 25.7 Å². The van der Waals surface area contributed by atoms with Gasteiger partial charge < -0.3 is 10.2 Å². The largest absolute Gasteiger partial charge is 0.369 e. The lowest BCUT2D eigenvalue weighted by atomic mass is 9.86. The number of nitrogens with zero attached hydrogens (tertiary/aromatic N) is 1. The van der Waals surface area contributed by atoms with Crippen LogP contribution in [0.25, 0.3) is 0 Å². The monoisotopic (exact) mass is 278 g/mol. The molecule has 20 heavy (non-hydrogen) atoms. The maximum Gasteiger partial charge on any atom is 0.146 e. The molecule has 0 bridgehead atoms. The highest BCUT2D eigenvalue weighted by Gasteiger charge is 2.23. The molecule has 1 aliphatic carbocycles. The topological polar surface area (TPSA) is 15.3 Å². The van der Waals surface area contributed by atoms with Crippen LogP contribution in [0.3, 0.4) is 0 Å². The molecule has 1 aliphatic rings. The summed E-state index contributed by atoms with van der Waals surface area (Å²) < 4.78 is 14.3. The van der Waals surface area contributed by atoms with Crippen LogP contribution in [-0.4, -0.2) is 19.6 Å². The van der Waals surface area contributed by atoms with Crippen LogP contribution in [0.2, 0.25) is 0 Å². The van der Waals surface area contributed by atoms with Gasteiger partial charge in [-0.1, -0.05) is 19.9 Å². The quantitative estimate of drug-likeness (QED) is 0.877. The van der Waals surface area contributed by atoms with E-state index in [-0.39, 0.29) is 5.82 Å². The lowest BCUT2D eigenvalue weighted by molar-refractivity contribution is 0.339. The lowest BCUT2D eigenvalue weighted by Crippen LogP contribution is -2.35. The van der Waals surface area contributed by atoms with Crippen LogP contribution in [-0.2, 0) is 6.54 Å². The molecule has 0 atom stereocenters. The molecule has 1 saturated carbocycles. The average Bonchev–Trinajstić information content (AvgIpc) is 2.45. The minimum Gasteiger partial charge on any atom is -0.369 e. The van der Waals surface area contributed by atoms with Crippen molar-refractivity contribution in [3.63, 3.8) is 0 Å². The maximum absolute atomic E-state index is 14.3. The fourth-order valence-corrected chi connectivity index (χ4v) is 3.04. The Kier molecular flexibility index (Phi) is 5.41. The Hall–Kier alpha value is -1.09. The fraction of sp³-hybridized carbons (Fsp3) is 0.647. The smallest absolute Gasteiger partial charge is 0.146 e. The van der Waals surface area contributed by atoms with Gasteiger partial charge in [0.2, 0.25) is 0 Å². The third-order valence-corrected chi connectivity index (χ3v) is 4.50. The van der Waals surface area contributed by atoms with Crippen LogP contribution in [0.1, 0.15) is 45.1 Å². The van der Waals surface area contributed by atoms with Crippen LogP contribution in [0, 0.1) is 11.7 Å². The number of hydrogen-bond donors (Lipinski definition) is 1. The zero-order valence-electron chi connectivity index (χ0n) is 13.0. The van der Waals surface area contributed by atoms with E-state index in [4.69, 9.17) is 0 Å².